The number of hydrogen-bond donors (Lipinski definition) is 1. The van der Waals surface area contributed by atoms with Crippen molar-refractivity contribution in [3.63, 3.8) is 0 Å². The van der Waals surface area contributed by atoms with Crippen LogP contribution in [0.15, 0.2) is 35.3 Å². The number of hydrogen-bond acceptors (Lipinski definition) is 10. The summed E-state index contributed by atoms with van der Waals surface area (Å²) in [5.41, 5.74) is -2.15. The largest absolute Gasteiger partial charge is 0.475 e. The standard InChI is InChI=1S/C44H54ClF2N3O9S/c1-22-34-21-50(36(22)32(51)20-44(19-30(44)38(46)47)41(55)49-60(56,57)43(5)13-14-43)40(54)29(42(2,3)4)18-35(52)58-33-16-23-15-28(23)25(33)9-7-6-8-10-27-37(53)26-12-11-24(45)17-31(26)48-39(27)59-34/h6,8,11-12,17,22-23,25,27-30,33-34,36,38H,7,9-10,13-16,18-21H2,1-5H3,(H,49,55)/b8-6+/t22-,23+,25-,27?,28+,29-,30+,33-,34+,36+,44-/m1/s1. The normalized spacial score (nSPS) is 36.6. The molecule has 4 saturated carbocycles. The number of ketones is 2. The van der Waals surface area contributed by atoms with Crippen molar-refractivity contribution in [1.82, 2.24) is 9.62 Å². The second-order valence-electron chi connectivity index (χ2n) is 19.8. The maximum Gasteiger partial charge on any atom is 0.306 e. The van der Waals surface area contributed by atoms with Crippen molar-refractivity contribution in [2.75, 3.05) is 6.54 Å². The lowest BCUT2D eigenvalue weighted by Crippen LogP contribution is -2.50. The van der Waals surface area contributed by atoms with Crippen LogP contribution >= 0.6 is 11.6 Å². The Bertz CT molecular complexity index is 2170. The number of rotatable bonds is 7. The van der Waals surface area contributed by atoms with Crippen molar-refractivity contribution in [3.05, 3.63) is 40.9 Å². The molecular weight excluding hydrogens is 820 g/mol. The van der Waals surface area contributed by atoms with Gasteiger partial charge < -0.3 is 14.4 Å². The highest BCUT2D eigenvalue weighted by Gasteiger charge is 2.67. The minimum Gasteiger partial charge on any atom is -0.475 e. The SMILES string of the molecule is C[C@@H]1[C@@H]2CN(C(=O)[C@H](C(C)(C)C)CC(=O)O[C@@H]3C[C@@H]4C[C@@H]4[C@H]3CC/C=C/CC3C(=O)c4ccc(Cl)cc4N=C3O2)[C@@H]1C(=O)C[C@]1(C(=O)NS(=O)(=O)C2(C)CC2)C[C@H]1C(F)F. The average molecular weight is 874 g/mol. The first-order valence-corrected chi connectivity index (χ1v) is 23.1. The van der Waals surface area contributed by atoms with Gasteiger partial charge in [-0.1, -0.05) is 51.4 Å². The van der Waals surface area contributed by atoms with Gasteiger partial charge in [-0.25, -0.2) is 22.2 Å². The van der Waals surface area contributed by atoms with Crippen LogP contribution in [-0.2, 0) is 38.7 Å². The Kier molecular flexibility index (Phi) is 10.9. The van der Waals surface area contributed by atoms with E-state index in [9.17, 15) is 41.2 Å². The van der Waals surface area contributed by atoms with Gasteiger partial charge in [-0.3, -0.25) is 28.7 Å². The van der Waals surface area contributed by atoms with E-state index in [1.54, 1.807) is 25.1 Å². The zero-order valence-electron chi connectivity index (χ0n) is 34.6. The molecule has 1 saturated heterocycles. The topological polar surface area (TPSA) is 166 Å². The van der Waals surface area contributed by atoms with Gasteiger partial charge in [0.2, 0.25) is 28.3 Å². The van der Waals surface area contributed by atoms with Crippen LogP contribution in [0, 0.1) is 52.3 Å². The van der Waals surface area contributed by atoms with Gasteiger partial charge in [0, 0.05) is 28.8 Å². The number of allylic oxidation sites excluding steroid dienone is 2. The molecule has 4 aliphatic carbocycles. The number of halogens is 3. The Morgan fingerprint density at radius 3 is 2.47 bits per heavy atom. The minimum atomic E-state index is -4.22. The Balaban J connectivity index is 1.15. The van der Waals surface area contributed by atoms with Crippen LogP contribution in [0.25, 0.3) is 0 Å². The van der Waals surface area contributed by atoms with Gasteiger partial charge in [0.15, 0.2) is 17.5 Å². The molecule has 0 radical (unpaired) electrons. The summed E-state index contributed by atoms with van der Waals surface area (Å²) in [6, 6.07) is 3.47. The fourth-order valence-electron chi connectivity index (χ4n) is 10.3. The van der Waals surface area contributed by atoms with E-state index in [1.807, 2.05) is 37.6 Å². The van der Waals surface area contributed by atoms with E-state index in [0.29, 0.717) is 47.4 Å². The number of nitrogens with zero attached hydrogens (tertiary/aromatic N) is 2. The lowest BCUT2D eigenvalue weighted by molar-refractivity contribution is -0.158. The summed E-state index contributed by atoms with van der Waals surface area (Å²) < 4.78 is 68.6. The Morgan fingerprint density at radius 1 is 1.07 bits per heavy atom. The monoisotopic (exact) mass is 873 g/mol. The molecular formula is C44H54ClF2N3O9S. The average Bonchev–Trinajstić information content (AvgIpc) is 4.11. The zero-order valence-corrected chi connectivity index (χ0v) is 36.2. The molecule has 60 heavy (non-hydrogen) atoms. The molecule has 2 amide bonds. The molecule has 8 rings (SSSR count). The first-order chi connectivity index (χ1) is 28.1. The number of carbonyl (C=O) groups excluding carboxylic acids is 5. The summed E-state index contributed by atoms with van der Waals surface area (Å²) in [6.45, 7) is 8.38. The van der Waals surface area contributed by atoms with Crippen LogP contribution in [0.1, 0.15) is 109 Å². The molecule has 326 valence electrons. The van der Waals surface area contributed by atoms with Crippen LogP contribution in [0.2, 0.25) is 5.02 Å². The lowest BCUT2D eigenvalue weighted by atomic mass is 9.77. The number of fused-ring (bicyclic) bond motifs is 7. The van der Waals surface area contributed by atoms with Crippen molar-refractivity contribution < 1.29 is 50.6 Å². The summed E-state index contributed by atoms with van der Waals surface area (Å²) in [4.78, 5) is 77.5. The quantitative estimate of drug-likeness (QED) is 0.224. The number of sulfonamides is 1. The fraction of sp³-hybridized carbons (Fsp3) is 0.682. The smallest absolute Gasteiger partial charge is 0.306 e. The molecule has 1 aromatic carbocycles. The highest BCUT2D eigenvalue weighted by atomic mass is 35.5. The second-order valence-corrected chi connectivity index (χ2v) is 22.4. The molecule has 5 fully saturated rings. The molecule has 0 aromatic heterocycles. The summed E-state index contributed by atoms with van der Waals surface area (Å²) in [6.07, 6.45) is 2.46. The number of alkyl halides is 2. The molecule has 3 aliphatic heterocycles. The van der Waals surface area contributed by atoms with Gasteiger partial charge >= 0.3 is 5.97 Å². The van der Waals surface area contributed by atoms with Crippen LogP contribution in [0.3, 0.4) is 0 Å². The van der Waals surface area contributed by atoms with Gasteiger partial charge in [0.25, 0.3) is 0 Å². The van der Waals surface area contributed by atoms with Crippen molar-refractivity contribution in [2.24, 2.45) is 57.2 Å². The maximum absolute atomic E-state index is 15.0. The highest BCUT2D eigenvalue weighted by Crippen LogP contribution is 2.60. The summed E-state index contributed by atoms with van der Waals surface area (Å²) in [5.74, 6) is -6.21. The lowest BCUT2D eigenvalue weighted by Gasteiger charge is -2.35. The summed E-state index contributed by atoms with van der Waals surface area (Å²) in [7, 11) is -4.22. The van der Waals surface area contributed by atoms with Crippen LogP contribution in [0.4, 0.5) is 14.5 Å². The van der Waals surface area contributed by atoms with E-state index in [2.05, 4.69) is 0 Å². The van der Waals surface area contributed by atoms with Crippen molar-refractivity contribution in [1.29, 1.82) is 0 Å². The van der Waals surface area contributed by atoms with Gasteiger partial charge in [0.1, 0.15) is 18.1 Å². The van der Waals surface area contributed by atoms with Crippen LogP contribution < -0.4 is 4.72 Å². The molecule has 1 unspecified atom stereocenters. The fourth-order valence-corrected chi connectivity index (χ4v) is 11.8. The van der Waals surface area contributed by atoms with Gasteiger partial charge in [-0.2, -0.15) is 0 Å². The predicted octanol–water partition coefficient (Wildman–Crippen LogP) is 7.00. The van der Waals surface area contributed by atoms with E-state index in [0.717, 1.165) is 19.3 Å². The Labute approximate surface area is 354 Å². The number of ether oxygens (including phenoxy) is 2. The van der Waals surface area contributed by atoms with Gasteiger partial charge in [-0.15, -0.1) is 0 Å². The van der Waals surface area contributed by atoms with E-state index >= 15 is 0 Å². The van der Waals surface area contributed by atoms with Crippen molar-refractivity contribution >= 4 is 62.6 Å². The second kappa shape index (κ2) is 15.3. The van der Waals surface area contributed by atoms with Gasteiger partial charge in [-0.05, 0) is 99.7 Å². The van der Waals surface area contributed by atoms with E-state index in [1.165, 1.54) is 11.8 Å². The maximum atomic E-state index is 15.0. The molecule has 11 atom stereocenters. The van der Waals surface area contributed by atoms with Gasteiger partial charge in [0.05, 0.1) is 40.8 Å². The molecule has 0 spiro atoms. The molecule has 1 aromatic rings. The van der Waals surface area contributed by atoms with E-state index in [4.69, 9.17) is 26.1 Å². The Hall–Kier alpha value is -3.72. The van der Waals surface area contributed by atoms with Crippen molar-refractivity contribution in [2.45, 2.75) is 128 Å². The molecule has 3 heterocycles. The summed E-state index contributed by atoms with van der Waals surface area (Å²) >= 11 is 6.32. The van der Waals surface area contributed by atoms with E-state index < -0.39 is 104 Å². The number of nitrogens with one attached hydrogen (secondary N) is 1. The molecule has 12 nitrogen and oxygen atoms in total. The van der Waals surface area contributed by atoms with E-state index in [-0.39, 0.29) is 43.1 Å². The first-order valence-electron chi connectivity index (χ1n) is 21.3. The number of aliphatic imine (C=N–C) groups is 1. The summed E-state index contributed by atoms with van der Waals surface area (Å²) in [5, 5.41) is 0.357. The third-order valence-electron chi connectivity index (χ3n) is 14.7. The third kappa shape index (κ3) is 7.83. The number of Topliss-reactive ketones (excluding diaryl/α,β-unsaturated/α-hetero) is 2. The van der Waals surface area contributed by atoms with Crippen LogP contribution in [-0.4, -0.2) is 84.5 Å². The molecule has 1 N–H and O–H groups in total. The van der Waals surface area contributed by atoms with Crippen molar-refractivity contribution in [3.8, 4) is 0 Å². The minimum absolute atomic E-state index is 0.0834. The molecule has 2 bridgehead atoms. The van der Waals surface area contributed by atoms with Crippen LogP contribution in [0.5, 0.6) is 0 Å². The predicted molar refractivity (Wildman–Crippen MR) is 217 cm³/mol. The number of carbonyl (C=O) groups is 5. The third-order valence-corrected chi connectivity index (χ3v) is 17.1. The number of amides is 2. The number of benzene rings is 1. The number of esters is 1. The molecule has 16 heteroatoms. The zero-order chi connectivity index (χ0) is 43.3. The first kappa shape index (κ1) is 42.9. The molecule has 7 aliphatic rings. The Morgan fingerprint density at radius 2 is 1.80 bits per heavy atom. The highest BCUT2D eigenvalue weighted by molar-refractivity contribution is 7.91.